The van der Waals surface area contributed by atoms with Crippen LogP contribution in [-0.4, -0.2) is 17.5 Å². The number of hydrogen-bond donors (Lipinski definition) is 1. The number of nitrogens with one attached hydrogen (secondary N) is 1. The third-order valence-electron chi connectivity index (χ3n) is 0.945. The van der Waals surface area contributed by atoms with Crippen LogP contribution >= 0.6 is 11.6 Å². The Bertz CT molecular complexity index is 145. The lowest BCUT2D eigenvalue weighted by atomic mass is 10.3. The molecule has 0 saturated carbocycles. The fraction of sp³-hybridized carbons (Fsp3) is 0.667. The molecule has 3 nitrogen and oxygen atoms in total. The first-order valence-electron chi connectivity index (χ1n) is 3.04. The Morgan fingerprint density at radius 2 is 2.30 bits per heavy atom. The quantitative estimate of drug-likeness (QED) is 0.293. The van der Waals surface area contributed by atoms with Gasteiger partial charge in [0.1, 0.15) is 5.88 Å². The topological polar surface area (TPSA) is 45.4 Å². The molecule has 0 aliphatic heterocycles. The molecule has 0 aliphatic rings. The van der Waals surface area contributed by atoms with Gasteiger partial charge in [-0.1, -0.05) is 12.1 Å². The third-order valence-corrected chi connectivity index (χ3v) is 1.19. The standard InChI is InChI=1S/C6H11ClN2O/c1-3-5(2)9-10-6(8)4-7/h8H,3-4H2,1-2H3/b8-6?,9-5+. The lowest BCUT2D eigenvalue weighted by Gasteiger charge is -1.96. The molecule has 4 heteroatoms. The van der Waals surface area contributed by atoms with Crippen molar-refractivity contribution < 1.29 is 4.84 Å². The van der Waals surface area contributed by atoms with Crippen molar-refractivity contribution in [3.8, 4) is 0 Å². The molecule has 0 fully saturated rings. The highest BCUT2D eigenvalue weighted by Gasteiger charge is 1.92. The van der Waals surface area contributed by atoms with Crippen LogP contribution in [0.15, 0.2) is 5.16 Å². The molecule has 0 bridgehead atoms. The van der Waals surface area contributed by atoms with E-state index in [0.29, 0.717) is 0 Å². The predicted molar refractivity (Wildman–Crippen MR) is 42.9 cm³/mol. The number of nitrogens with zero attached hydrogens (tertiary/aromatic N) is 1. The highest BCUT2D eigenvalue weighted by atomic mass is 35.5. The van der Waals surface area contributed by atoms with E-state index in [1.165, 1.54) is 0 Å². The summed E-state index contributed by atoms with van der Waals surface area (Å²) >= 11 is 5.26. The van der Waals surface area contributed by atoms with Gasteiger partial charge in [0, 0.05) is 0 Å². The zero-order valence-corrected chi connectivity index (χ0v) is 6.90. The largest absolute Gasteiger partial charge is 0.341 e. The van der Waals surface area contributed by atoms with Crippen molar-refractivity contribution in [1.82, 2.24) is 0 Å². The molecule has 0 heterocycles. The Hall–Kier alpha value is -0.570. The Morgan fingerprint density at radius 1 is 1.70 bits per heavy atom. The highest BCUT2D eigenvalue weighted by molar-refractivity contribution is 6.26. The molecule has 0 rings (SSSR count). The summed E-state index contributed by atoms with van der Waals surface area (Å²) in [5, 5.41) is 10.6. The predicted octanol–water partition coefficient (Wildman–Crippen LogP) is 2.00. The lowest BCUT2D eigenvalue weighted by molar-refractivity contribution is 0.321. The van der Waals surface area contributed by atoms with E-state index in [-0.39, 0.29) is 11.8 Å². The second-order valence-electron chi connectivity index (χ2n) is 1.83. The van der Waals surface area contributed by atoms with Gasteiger partial charge in [0.2, 0.25) is 5.90 Å². The van der Waals surface area contributed by atoms with Crippen molar-refractivity contribution in [2.75, 3.05) is 5.88 Å². The normalized spacial score (nSPS) is 11.3. The van der Waals surface area contributed by atoms with Crippen LogP contribution in [0.2, 0.25) is 0 Å². The summed E-state index contributed by atoms with van der Waals surface area (Å²) in [5.74, 6) is 0.0509. The summed E-state index contributed by atoms with van der Waals surface area (Å²) < 4.78 is 0. The first-order chi connectivity index (χ1) is 4.70. The molecule has 0 unspecified atom stereocenters. The van der Waals surface area contributed by atoms with E-state index in [1.54, 1.807) is 0 Å². The minimum atomic E-state index is -0.0190. The number of rotatable bonds is 3. The van der Waals surface area contributed by atoms with Gasteiger partial charge in [0.15, 0.2) is 0 Å². The van der Waals surface area contributed by atoms with E-state index in [9.17, 15) is 0 Å². The third kappa shape index (κ3) is 4.32. The average molecular weight is 163 g/mol. The second kappa shape index (κ2) is 5.23. The molecular formula is C6H11ClN2O. The lowest BCUT2D eigenvalue weighted by Crippen LogP contribution is -2.01. The average Bonchev–Trinajstić information content (AvgIpc) is 1.99. The summed E-state index contributed by atoms with van der Waals surface area (Å²) in [6.45, 7) is 3.80. The van der Waals surface area contributed by atoms with E-state index < -0.39 is 0 Å². The summed E-state index contributed by atoms with van der Waals surface area (Å²) in [5.41, 5.74) is 0.856. The van der Waals surface area contributed by atoms with Gasteiger partial charge >= 0.3 is 0 Å². The molecule has 1 N–H and O–H groups in total. The van der Waals surface area contributed by atoms with E-state index in [4.69, 9.17) is 17.0 Å². The molecule has 0 saturated heterocycles. The van der Waals surface area contributed by atoms with Gasteiger partial charge in [-0.2, -0.15) is 0 Å². The smallest absolute Gasteiger partial charge is 0.232 e. The van der Waals surface area contributed by atoms with Gasteiger partial charge < -0.3 is 4.84 Å². The van der Waals surface area contributed by atoms with Crippen LogP contribution in [0.25, 0.3) is 0 Å². The molecule has 0 radical (unpaired) electrons. The van der Waals surface area contributed by atoms with Gasteiger partial charge in [-0.25, -0.2) is 0 Å². The van der Waals surface area contributed by atoms with Crippen LogP contribution in [0.4, 0.5) is 0 Å². The zero-order valence-electron chi connectivity index (χ0n) is 6.15. The minimum Gasteiger partial charge on any atom is -0.341 e. The zero-order chi connectivity index (χ0) is 7.98. The van der Waals surface area contributed by atoms with Crippen molar-refractivity contribution in [3.05, 3.63) is 0 Å². The second-order valence-corrected chi connectivity index (χ2v) is 2.10. The first-order valence-corrected chi connectivity index (χ1v) is 3.58. The number of hydrogen-bond acceptors (Lipinski definition) is 3. The molecule has 0 aromatic carbocycles. The number of alkyl halides is 1. The van der Waals surface area contributed by atoms with Crippen LogP contribution in [0.1, 0.15) is 20.3 Å². The van der Waals surface area contributed by atoms with Crippen LogP contribution in [0, 0.1) is 5.41 Å². The van der Waals surface area contributed by atoms with Crippen molar-refractivity contribution >= 4 is 23.2 Å². The van der Waals surface area contributed by atoms with Crippen molar-refractivity contribution in [1.29, 1.82) is 5.41 Å². The number of oxime groups is 1. The Labute approximate surface area is 65.5 Å². The maximum Gasteiger partial charge on any atom is 0.232 e. The van der Waals surface area contributed by atoms with E-state index in [2.05, 4.69) is 9.99 Å². The van der Waals surface area contributed by atoms with Crippen LogP contribution in [0.5, 0.6) is 0 Å². The SMILES string of the molecule is CC/C(C)=N/OC(=N)CCl. The van der Waals surface area contributed by atoms with E-state index in [0.717, 1.165) is 12.1 Å². The molecule has 58 valence electrons. The fourth-order valence-corrected chi connectivity index (χ4v) is 0.271. The molecule has 0 atom stereocenters. The molecule has 0 spiro atoms. The maximum absolute atomic E-state index is 6.94. The Kier molecular flexibility index (Phi) is 4.94. The van der Waals surface area contributed by atoms with Gasteiger partial charge in [-0.15, -0.1) is 11.6 Å². The monoisotopic (exact) mass is 162 g/mol. The van der Waals surface area contributed by atoms with Gasteiger partial charge in [0.25, 0.3) is 0 Å². The maximum atomic E-state index is 6.94. The first kappa shape index (κ1) is 9.43. The summed E-state index contributed by atoms with van der Waals surface area (Å²) in [6.07, 6.45) is 0.829. The fourth-order valence-electron chi connectivity index (χ4n) is 0.222. The van der Waals surface area contributed by atoms with Gasteiger partial charge in [0.05, 0.1) is 5.71 Å². The van der Waals surface area contributed by atoms with E-state index in [1.807, 2.05) is 13.8 Å². The molecule has 0 aromatic rings. The van der Waals surface area contributed by atoms with E-state index >= 15 is 0 Å². The molecule has 0 aliphatic carbocycles. The number of halogens is 1. The highest BCUT2D eigenvalue weighted by Crippen LogP contribution is 1.88. The Morgan fingerprint density at radius 3 is 2.70 bits per heavy atom. The van der Waals surface area contributed by atoms with Crippen LogP contribution in [-0.2, 0) is 4.84 Å². The van der Waals surface area contributed by atoms with Crippen molar-refractivity contribution in [3.63, 3.8) is 0 Å². The summed E-state index contributed by atoms with van der Waals surface area (Å²) in [6, 6.07) is 0. The molecule has 10 heavy (non-hydrogen) atoms. The minimum absolute atomic E-state index is 0.0190. The molecule has 0 amide bonds. The van der Waals surface area contributed by atoms with Crippen molar-refractivity contribution in [2.24, 2.45) is 5.16 Å². The Balaban J connectivity index is 3.61. The van der Waals surface area contributed by atoms with Gasteiger partial charge in [-0.3, -0.25) is 5.41 Å². The van der Waals surface area contributed by atoms with Crippen LogP contribution < -0.4 is 0 Å². The van der Waals surface area contributed by atoms with Gasteiger partial charge in [-0.05, 0) is 13.3 Å². The summed E-state index contributed by atoms with van der Waals surface area (Å²) in [7, 11) is 0. The van der Waals surface area contributed by atoms with Crippen molar-refractivity contribution in [2.45, 2.75) is 20.3 Å². The molecule has 0 aromatic heterocycles. The summed E-state index contributed by atoms with van der Waals surface area (Å²) in [4.78, 5) is 4.58. The molecular weight excluding hydrogens is 152 g/mol. The van der Waals surface area contributed by atoms with Crippen LogP contribution in [0.3, 0.4) is 0 Å².